The molecule has 0 aliphatic carbocycles. The van der Waals surface area contributed by atoms with Crippen molar-refractivity contribution in [3.63, 3.8) is 0 Å². The van der Waals surface area contributed by atoms with Crippen LogP contribution in [-0.4, -0.2) is 26.2 Å². The fourth-order valence-corrected chi connectivity index (χ4v) is 2.36. The fraction of sp³-hybridized carbons (Fsp3) is 0.538. The number of hydrogen-bond donors (Lipinski definition) is 1. The molecule has 0 saturated carbocycles. The van der Waals surface area contributed by atoms with E-state index in [0.717, 1.165) is 19.5 Å². The highest BCUT2D eigenvalue weighted by atomic mass is 19.1. The number of nitrogens with one attached hydrogen (secondary N) is 1. The van der Waals surface area contributed by atoms with E-state index in [0.29, 0.717) is 17.6 Å². The van der Waals surface area contributed by atoms with Gasteiger partial charge >= 0.3 is 0 Å². The molecule has 3 heteroatoms. The summed E-state index contributed by atoms with van der Waals surface area (Å²) < 4.78 is 13.6. The molecule has 16 heavy (non-hydrogen) atoms. The number of likely N-dealkylation sites (N-methyl/N-ethyl adjacent to an activating group) is 1. The van der Waals surface area contributed by atoms with Gasteiger partial charge in [-0.05, 0) is 31.0 Å². The number of benzene rings is 1. The Bertz CT molecular complexity index is 354. The Labute approximate surface area is 96.5 Å². The summed E-state index contributed by atoms with van der Waals surface area (Å²) >= 11 is 0. The van der Waals surface area contributed by atoms with Gasteiger partial charge in [0, 0.05) is 19.6 Å². The maximum absolute atomic E-state index is 13.6. The van der Waals surface area contributed by atoms with Gasteiger partial charge in [0.25, 0.3) is 0 Å². The summed E-state index contributed by atoms with van der Waals surface area (Å²) in [5.74, 6) is 0.524. The number of anilines is 1. The lowest BCUT2D eigenvalue weighted by Gasteiger charge is -2.36. The molecule has 0 bridgehead atoms. The van der Waals surface area contributed by atoms with Crippen LogP contribution in [0.25, 0.3) is 0 Å². The van der Waals surface area contributed by atoms with E-state index in [4.69, 9.17) is 0 Å². The minimum Gasteiger partial charge on any atom is -0.368 e. The number of para-hydroxylation sites is 1. The highest BCUT2D eigenvalue weighted by molar-refractivity contribution is 5.47. The van der Waals surface area contributed by atoms with Gasteiger partial charge in [-0.25, -0.2) is 4.39 Å². The summed E-state index contributed by atoms with van der Waals surface area (Å²) in [7, 11) is 1.98. The van der Waals surface area contributed by atoms with E-state index >= 15 is 0 Å². The van der Waals surface area contributed by atoms with Crippen LogP contribution in [-0.2, 0) is 0 Å². The summed E-state index contributed by atoms with van der Waals surface area (Å²) in [6.07, 6.45) is 1.12. The molecule has 0 radical (unpaired) electrons. The third-order valence-electron chi connectivity index (χ3n) is 3.33. The fourth-order valence-electron chi connectivity index (χ4n) is 2.36. The molecule has 1 aromatic carbocycles. The molecule has 2 unspecified atom stereocenters. The Kier molecular flexibility index (Phi) is 3.44. The van der Waals surface area contributed by atoms with Crippen molar-refractivity contribution in [2.75, 3.05) is 25.0 Å². The van der Waals surface area contributed by atoms with Crippen LogP contribution >= 0.6 is 0 Å². The number of piperidine rings is 1. The van der Waals surface area contributed by atoms with Crippen molar-refractivity contribution in [2.24, 2.45) is 5.92 Å². The van der Waals surface area contributed by atoms with Gasteiger partial charge in [-0.1, -0.05) is 19.1 Å². The molecule has 1 heterocycles. The lowest BCUT2D eigenvalue weighted by atomic mass is 9.96. The minimum atomic E-state index is -0.136. The highest BCUT2D eigenvalue weighted by Gasteiger charge is 2.23. The van der Waals surface area contributed by atoms with Gasteiger partial charge in [0.1, 0.15) is 5.82 Å². The maximum atomic E-state index is 13.6. The summed E-state index contributed by atoms with van der Waals surface area (Å²) in [5, 5.41) is 3.39. The zero-order chi connectivity index (χ0) is 11.5. The number of hydrogen-bond acceptors (Lipinski definition) is 2. The molecule has 0 amide bonds. The van der Waals surface area contributed by atoms with E-state index < -0.39 is 0 Å². The average molecular weight is 222 g/mol. The lowest BCUT2D eigenvalue weighted by molar-refractivity contribution is 0.354. The molecule has 1 aromatic rings. The number of rotatable bonds is 2. The summed E-state index contributed by atoms with van der Waals surface area (Å²) in [4.78, 5) is 2.05. The van der Waals surface area contributed by atoms with Crippen molar-refractivity contribution in [1.82, 2.24) is 5.32 Å². The molecule has 88 valence electrons. The molecule has 2 nitrogen and oxygen atoms in total. The van der Waals surface area contributed by atoms with Crippen LogP contribution in [0.4, 0.5) is 10.1 Å². The molecular weight excluding hydrogens is 203 g/mol. The Hall–Kier alpha value is -1.09. The topological polar surface area (TPSA) is 15.3 Å². The van der Waals surface area contributed by atoms with Gasteiger partial charge < -0.3 is 10.2 Å². The van der Waals surface area contributed by atoms with E-state index in [1.165, 1.54) is 6.07 Å². The predicted octanol–water partition coefficient (Wildman–Crippen LogP) is 2.26. The van der Waals surface area contributed by atoms with Crippen LogP contribution in [0.15, 0.2) is 24.3 Å². The van der Waals surface area contributed by atoms with Gasteiger partial charge in [-0.3, -0.25) is 0 Å². The van der Waals surface area contributed by atoms with E-state index in [2.05, 4.69) is 17.1 Å². The lowest BCUT2D eigenvalue weighted by Crippen LogP contribution is -2.47. The zero-order valence-electron chi connectivity index (χ0n) is 9.91. The molecule has 1 saturated heterocycles. The van der Waals surface area contributed by atoms with Crippen molar-refractivity contribution >= 4 is 5.69 Å². The Morgan fingerprint density at radius 1 is 1.31 bits per heavy atom. The van der Waals surface area contributed by atoms with Gasteiger partial charge in [0.15, 0.2) is 0 Å². The first kappa shape index (κ1) is 11.4. The van der Waals surface area contributed by atoms with Crippen LogP contribution in [0.5, 0.6) is 0 Å². The van der Waals surface area contributed by atoms with Crippen molar-refractivity contribution in [1.29, 1.82) is 0 Å². The minimum absolute atomic E-state index is 0.136. The summed E-state index contributed by atoms with van der Waals surface area (Å²) in [6, 6.07) is 7.36. The summed E-state index contributed by atoms with van der Waals surface area (Å²) in [6.45, 7) is 4.24. The SMILES string of the molecule is CC1CNCC(N(C)c2ccccc2F)C1. The first-order chi connectivity index (χ1) is 7.68. The van der Waals surface area contributed by atoms with Crippen LogP contribution in [0.2, 0.25) is 0 Å². The first-order valence-electron chi connectivity index (χ1n) is 5.86. The molecular formula is C13H19FN2. The molecule has 2 atom stereocenters. The van der Waals surface area contributed by atoms with Crippen molar-refractivity contribution in [3.8, 4) is 0 Å². The maximum Gasteiger partial charge on any atom is 0.146 e. The monoisotopic (exact) mass is 222 g/mol. The average Bonchev–Trinajstić information content (AvgIpc) is 2.29. The standard InChI is InChI=1S/C13H19FN2/c1-10-7-11(9-15-8-10)16(2)13-6-4-3-5-12(13)14/h3-6,10-11,15H,7-9H2,1-2H3. The molecule has 1 N–H and O–H groups in total. The second kappa shape index (κ2) is 4.83. The molecule has 0 aromatic heterocycles. The van der Waals surface area contributed by atoms with E-state index in [9.17, 15) is 4.39 Å². The van der Waals surface area contributed by atoms with E-state index in [-0.39, 0.29) is 5.82 Å². The second-order valence-electron chi connectivity index (χ2n) is 4.72. The predicted molar refractivity (Wildman–Crippen MR) is 65.2 cm³/mol. The van der Waals surface area contributed by atoms with E-state index in [1.54, 1.807) is 6.07 Å². The molecule has 1 aliphatic heterocycles. The van der Waals surface area contributed by atoms with Gasteiger partial charge in [-0.15, -0.1) is 0 Å². The first-order valence-corrected chi connectivity index (χ1v) is 5.86. The van der Waals surface area contributed by atoms with Gasteiger partial charge in [-0.2, -0.15) is 0 Å². The summed E-state index contributed by atoms with van der Waals surface area (Å²) in [5.41, 5.74) is 0.698. The molecule has 1 aliphatic rings. The van der Waals surface area contributed by atoms with Crippen LogP contribution in [0.3, 0.4) is 0 Å². The Morgan fingerprint density at radius 3 is 2.75 bits per heavy atom. The van der Waals surface area contributed by atoms with Crippen LogP contribution < -0.4 is 10.2 Å². The largest absolute Gasteiger partial charge is 0.368 e. The zero-order valence-corrected chi connectivity index (χ0v) is 9.91. The van der Waals surface area contributed by atoms with Crippen molar-refractivity contribution in [3.05, 3.63) is 30.1 Å². The normalized spacial score (nSPS) is 25.4. The third kappa shape index (κ3) is 2.35. The van der Waals surface area contributed by atoms with Crippen LogP contribution in [0, 0.1) is 11.7 Å². The second-order valence-corrected chi connectivity index (χ2v) is 4.72. The van der Waals surface area contributed by atoms with E-state index in [1.807, 2.05) is 19.2 Å². The molecule has 2 rings (SSSR count). The van der Waals surface area contributed by atoms with Gasteiger partial charge in [0.05, 0.1) is 5.69 Å². The van der Waals surface area contributed by atoms with Crippen molar-refractivity contribution in [2.45, 2.75) is 19.4 Å². The van der Waals surface area contributed by atoms with Crippen LogP contribution in [0.1, 0.15) is 13.3 Å². The smallest absolute Gasteiger partial charge is 0.146 e. The van der Waals surface area contributed by atoms with Crippen molar-refractivity contribution < 1.29 is 4.39 Å². The molecule has 1 fully saturated rings. The highest BCUT2D eigenvalue weighted by Crippen LogP contribution is 2.23. The Morgan fingerprint density at radius 2 is 2.06 bits per heavy atom. The quantitative estimate of drug-likeness (QED) is 0.825. The van der Waals surface area contributed by atoms with Gasteiger partial charge in [0.2, 0.25) is 0 Å². The molecule has 0 spiro atoms. The third-order valence-corrected chi connectivity index (χ3v) is 3.33. The Balaban J connectivity index is 2.12. The number of halogens is 1. The number of nitrogens with zero attached hydrogens (tertiary/aromatic N) is 1.